The molecule has 21 heavy (non-hydrogen) atoms. The average molecular weight is 323 g/mol. The summed E-state index contributed by atoms with van der Waals surface area (Å²) in [5, 5.41) is 1.51. The van der Waals surface area contributed by atoms with E-state index in [1.54, 1.807) is 0 Å². The highest BCUT2D eigenvalue weighted by Crippen LogP contribution is 2.31. The number of nitrogens with zero attached hydrogens (tertiary/aromatic N) is 1. The van der Waals surface area contributed by atoms with Crippen LogP contribution in [0.4, 0.5) is 5.69 Å². The van der Waals surface area contributed by atoms with Gasteiger partial charge < -0.3 is 10.6 Å². The first-order chi connectivity index (χ1) is 9.99. The Morgan fingerprint density at radius 2 is 1.62 bits per heavy atom. The zero-order valence-electron chi connectivity index (χ0n) is 12.3. The minimum absolute atomic E-state index is 0.0935. The van der Waals surface area contributed by atoms with Crippen LogP contribution >= 0.6 is 23.2 Å². The lowest BCUT2D eigenvalue weighted by molar-refractivity contribution is 0.734. The van der Waals surface area contributed by atoms with Crippen molar-refractivity contribution in [2.24, 2.45) is 5.73 Å². The van der Waals surface area contributed by atoms with Gasteiger partial charge in [-0.05, 0) is 36.6 Å². The van der Waals surface area contributed by atoms with Gasteiger partial charge in [0.15, 0.2) is 0 Å². The summed E-state index contributed by atoms with van der Waals surface area (Å²) in [6.45, 7) is 2.70. The molecular weight excluding hydrogens is 303 g/mol. The van der Waals surface area contributed by atoms with Crippen molar-refractivity contribution in [1.29, 1.82) is 0 Å². The Balaban J connectivity index is 2.30. The monoisotopic (exact) mass is 322 g/mol. The van der Waals surface area contributed by atoms with Gasteiger partial charge in [-0.25, -0.2) is 0 Å². The average Bonchev–Trinajstić information content (AvgIpc) is 2.40. The first-order valence-electron chi connectivity index (χ1n) is 6.96. The topological polar surface area (TPSA) is 29.3 Å². The van der Waals surface area contributed by atoms with Crippen LogP contribution in [0.2, 0.25) is 10.0 Å². The summed E-state index contributed by atoms with van der Waals surface area (Å²) in [6.07, 6.45) is 0.794. The van der Waals surface area contributed by atoms with Crippen molar-refractivity contribution in [3.63, 3.8) is 0 Å². The van der Waals surface area contributed by atoms with E-state index in [1.165, 1.54) is 0 Å². The highest BCUT2D eigenvalue weighted by molar-refractivity contribution is 6.33. The van der Waals surface area contributed by atoms with Crippen LogP contribution < -0.4 is 10.6 Å². The zero-order valence-corrected chi connectivity index (χ0v) is 13.8. The third-order valence-electron chi connectivity index (χ3n) is 3.36. The second-order valence-electron chi connectivity index (χ2n) is 5.38. The van der Waals surface area contributed by atoms with Crippen molar-refractivity contribution < 1.29 is 0 Å². The van der Waals surface area contributed by atoms with Gasteiger partial charge in [-0.1, -0.05) is 53.5 Å². The van der Waals surface area contributed by atoms with Crippen LogP contribution in [0.25, 0.3) is 0 Å². The van der Waals surface area contributed by atoms with Crippen LogP contribution in [0.5, 0.6) is 0 Å². The predicted octanol–water partition coefficient (Wildman–Crippen LogP) is 4.52. The van der Waals surface area contributed by atoms with Gasteiger partial charge in [-0.3, -0.25) is 0 Å². The number of hydrogen-bond acceptors (Lipinski definition) is 2. The summed E-state index contributed by atoms with van der Waals surface area (Å²) in [5.74, 6) is 0. The van der Waals surface area contributed by atoms with Gasteiger partial charge in [0.05, 0.1) is 10.7 Å². The van der Waals surface area contributed by atoms with Crippen molar-refractivity contribution in [2.75, 3.05) is 11.9 Å². The molecule has 1 unspecified atom stereocenters. The Kier molecular flexibility index (Phi) is 5.51. The standard InChI is InChI=1S/C17H20Cl2N2/c1-12(20)10-13-7-5-9-16(19)17(13)21(2)11-14-6-3-4-8-15(14)18/h3-9,12H,10-11,20H2,1-2H3. The number of anilines is 1. The highest BCUT2D eigenvalue weighted by Gasteiger charge is 2.14. The van der Waals surface area contributed by atoms with Crippen molar-refractivity contribution in [2.45, 2.75) is 25.9 Å². The molecule has 112 valence electrons. The van der Waals surface area contributed by atoms with Gasteiger partial charge in [-0.2, -0.15) is 0 Å². The summed E-state index contributed by atoms with van der Waals surface area (Å²) in [6, 6.07) is 13.9. The van der Waals surface area contributed by atoms with E-state index in [0.717, 1.165) is 33.3 Å². The van der Waals surface area contributed by atoms with E-state index in [0.29, 0.717) is 6.54 Å². The van der Waals surface area contributed by atoms with Crippen LogP contribution in [-0.4, -0.2) is 13.1 Å². The van der Waals surface area contributed by atoms with E-state index in [-0.39, 0.29) is 6.04 Å². The summed E-state index contributed by atoms with van der Waals surface area (Å²) < 4.78 is 0. The van der Waals surface area contributed by atoms with Crippen LogP contribution in [0.1, 0.15) is 18.1 Å². The lowest BCUT2D eigenvalue weighted by Gasteiger charge is -2.25. The molecule has 4 heteroatoms. The number of nitrogens with two attached hydrogens (primary N) is 1. The van der Waals surface area contributed by atoms with Crippen molar-refractivity contribution >= 4 is 28.9 Å². The largest absolute Gasteiger partial charge is 0.369 e. The van der Waals surface area contributed by atoms with E-state index >= 15 is 0 Å². The Morgan fingerprint density at radius 3 is 2.29 bits per heavy atom. The molecule has 2 rings (SSSR count). The molecule has 0 aliphatic rings. The molecule has 0 spiro atoms. The molecule has 0 bridgehead atoms. The van der Waals surface area contributed by atoms with Gasteiger partial charge >= 0.3 is 0 Å². The number of para-hydroxylation sites is 1. The van der Waals surface area contributed by atoms with Crippen LogP contribution in [0, 0.1) is 0 Å². The van der Waals surface area contributed by atoms with Crippen molar-refractivity contribution in [1.82, 2.24) is 0 Å². The first-order valence-corrected chi connectivity index (χ1v) is 7.72. The molecule has 0 heterocycles. The van der Waals surface area contributed by atoms with E-state index in [2.05, 4.69) is 11.0 Å². The fourth-order valence-corrected chi connectivity index (χ4v) is 2.99. The maximum absolute atomic E-state index is 6.40. The van der Waals surface area contributed by atoms with Gasteiger partial charge in [0.2, 0.25) is 0 Å². The Labute approximate surface area is 136 Å². The van der Waals surface area contributed by atoms with E-state index in [9.17, 15) is 0 Å². The van der Waals surface area contributed by atoms with E-state index in [1.807, 2.05) is 50.4 Å². The molecule has 2 aromatic carbocycles. The number of hydrogen-bond donors (Lipinski definition) is 1. The molecule has 2 nitrogen and oxygen atoms in total. The zero-order chi connectivity index (χ0) is 15.4. The molecule has 0 radical (unpaired) electrons. The number of halogens is 2. The van der Waals surface area contributed by atoms with E-state index < -0.39 is 0 Å². The third kappa shape index (κ3) is 4.13. The Bertz CT molecular complexity index is 611. The van der Waals surface area contributed by atoms with Crippen LogP contribution in [-0.2, 0) is 13.0 Å². The maximum Gasteiger partial charge on any atom is 0.0642 e. The molecule has 2 aromatic rings. The molecule has 0 amide bonds. The second kappa shape index (κ2) is 7.17. The lowest BCUT2D eigenvalue weighted by atomic mass is 10.0. The van der Waals surface area contributed by atoms with Gasteiger partial charge in [0, 0.05) is 24.7 Å². The molecule has 0 fully saturated rings. The molecule has 0 saturated carbocycles. The molecular formula is C17H20Cl2N2. The minimum atomic E-state index is 0.0935. The summed E-state index contributed by atoms with van der Waals surface area (Å²) in [4.78, 5) is 2.13. The fraction of sp³-hybridized carbons (Fsp3) is 0.294. The normalized spacial score (nSPS) is 12.2. The summed E-state index contributed by atoms with van der Waals surface area (Å²) >= 11 is 12.6. The summed E-state index contributed by atoms with van der Waals surface area (Å²) in [5.41, 5.74) is 9.20. The first kappa shape index (κ1) is 16.2. The summed E-state index contributed by atoms with van der Waals surface area (Å²) in [7, 11) is 2.02. The Morgan fingerprint density at radius 1 is 1.00 bits per heavy atom. The molecule has 0 aliphatic heterocycles. The third-order valence-corrected chi connectivity index (χ3v) is 4.03. The second-order valence-corrected chi connectivity index (χ2v) is 6.19. The molecule has 0 saturated heterocycles. The number of benzene rings is 2. The minimum Gasteiger partial charge on any atom is -0.369 e. The molecule has 0 aromatic heterocycles. The quantitative estimate of drug-likeness (QED) is 0.876. The smallest absolute Gasteiger partial charge is 0.0642 e. The SMILES string of the molecule is CC(N)Cc1cccc(Cl)c1N(C)Cc1ccccc1Cl. The van der Waals surface area contributed by atoms with Crippen molar-refractivity contribution in [3.8, 4) is 0 Å². The van der Waals surface area contributed by atoms with Crippen LogP contribution in [0.3, 0.4) is 0 Å². The highest BCUT2D eigenvalue weighted by atomic mass is 35.5. The van der Waals surface area contributed by atoms with Gasteiger partial charge in [0.25, 0.3) is 0 Å². The maximum atomic E-state index is 6.40. The number of rotatable bonds is 5. The lowest BCUT2D eigenvalue weighted by Crippen LogP contribution is -2.22. The predicted molar refractivity (Wildman–Crippen MR) is 92.4 cm³/mol. The van der Waals surface area contributed by atoms with Crippen LogP contribution in [0.15, 0.2) is 42.5 Å². The molecule has 0 aliphatic carbocycles. The van der Waals surface area contributed by atoms with Gasteiger partial charge in [-0.15, -0.1) is 0 Å². The van der Waals surface area contributed by atoms with Crippen molar-refractivity contribution in [3.05, 3.63) is 63.6 Å². The fourth-order valence-electron chi connectivity index (χ4n) is 2.46. The Hall–Kier alpha value is -1.22. The van der Waals surface area contributed by atoms with Gasteiger partial charge in [0.1, 0.15) is 0 Å². The molecule has 1 atom stereocenters. The molecule has 2 N–H and O–H groups in total. The van der Waals surface area contributed by atoms with E-state index in [4.69, 9.17) is 28.9 Å².